The van der Waals surface area contributed by atoms with E-state index < -0.39 is 0 Å². The second kappa shape index (κ2) is 7.87. The standard InChI is InChI=1S/C17H20BrNOS/c1-3-14(19)17(12-8-10-13(18)11-9-12)20-15-6-4-5-7-16(15)21-2/h4-11,14,17H,3,19H2,1-2H3. The molecule has 2 unspecified atom stereocenters. The molecule has 0 amide bonds. The van der Waals surface area contributed by atoms with Crippen LogP contribution in [0.3, 0.4) is 0 Å². The maximum Gasteiger partial charge on any atom is 0.139 e. The topological polar surface area (TPSA) is 35.2 Å². The third-order valence-electron chi connectivity index (χ3n) is 3.38. The van der Waals surface area contributed by atoms with Gasteiger partial charge in [0.05, 0.1) is 0 Å². The van der Waals surface area contributed by atoms with Crippen molar-refractivity contribution in [3.63, 3.8) is 0 Å². The number of ether oxygens (including phenoxy) is 1. The van der Waals surface area contributed by atoms with Gasteiger partial charge in [-0.05, 0) is 42.5 Å². The van der Waals surface area contributed by atoms with Crippen LogP contribution in [0.4, 0.5) is 0 Å². The number of rotatable bonds is 6. The minimum Gasteiger partial charge on any atom is -0.483 e. The Morgan fingerprint density at radius 1 is 1.14 bits per heavy atom. The van der Waals surface area contributed by atoms with E-state index in [-0.39, 0.29) is 12.1 Å². The summed E-state index contributed by atoms with van der Waals surface area (Å²) in [6.07, 6.45) is 2.77. The molecule has 0 aliphatic rings. The first-order valence-corrected chi connectivity index (χ1v) is 8.98. The minimum absolute atomic E-state index is 0.0407. The molecule has 2 N–H and O–H groups in total. The fraction of sp³-hybridized carbons (Fsp3) is 0.294. The van der Waals surface area contributed by atoms with Crippen molar-refractivity contribution in [3.8, 4) is 5.75 Å². The molecule has 0 radical (unpaired) electrons. The van der Waals surface area contributed by atoms with Gasteiger partial charge in [-0.3, -0.25) is 0 Å². The maximum atomic E-state index is 6.28. The molecule has 2 nitrogen and oxygen atoms in total. The number of para-hydroxylation sites is 1. The molecule has 0 fully saturated rings. The van der Waals surface area contributed by atoms with Crippen molar-refractivity contribution in [1.29, 1.82) is 0 Å². The van der Waals surface area contributed by atoms with Gasteiger partial charge in [-0.15, -0.1) is 11.8 Å². The van der Waals surface area contributed by atoms with E-state index >= 15 is 0 Å². The second-order valence-electron chi connectivity index (χ2n) is 4.81. The first kappa shape index (κ1) is 16.4. The molecule has 2 rings (SSSR count). The van der Waals surface area contributed by atoms with Gasteiger partial charge in [-0.25, -0.2) is 0 Å². The van der Waals surface area contributed by atoms with Crippen molar-refractivity contribution >= 4 is 27.7 Å². The van der Waals surface area contributed by atoms with Gasteiger partial charge < -0.3 is 10.5 Å². The molecule has 0 saturated heterocycles. The summed E-state index contributed by atoms with van der Waals surface area (Å²) < 4.78 is 7.31. The fourth-order valence-electron chi connectivity index (χ4n) is 2.12. The number of hydrogen-bond acceptors (Lipinski definition) is 3. The average molecular weight is 366 g/mol. The van der Waals surface area contributed by atoms with Crippen molar-refractivity contribution in [1.82, 2.24) is 0 Å². The van der Waals surface area contributed by atoms with Crippen molar-refractivity contribution in [2.24, 2.45) is 5.73 Å². The predicted octanol–water partition coefficient (Wildman–Crippen LogP) is 5.03. The molecule has 0 aromatic heterocycles. The van der Waals surface area contributed by atoms with E-state index in [1.54, 1.807) is 11.8 Å². The Bertz CT molecular complexity index is 573. The van der Waals surface area contributed by atoms with Crippen LogP contribution < -0.4 is 10.5 Å². The van der Waals surface area contributed by atoms with Crippen molar-refractivity contribution in [2.45, 2.75) is 30.4 Å². The lowest BCUT2D eigenvalue weighted by Gasteiger charge is -2.25. The van der Waals surface area contributed by atoms with Crippen LogP contribution in [0.25, 0.3) is 0 Å². The first-order valence-electron chi connectivity index (χ1n) is 6.96. The van der Waals surface area contributed by atoms with Crippen LogP contribution in [0.5, 0.6) is 5.75 Å². The molecule has 0 aliphatic carbocycles. The second-order valence-corrected chi connectivity index (χ2v) is 6.58. The van der Waals surface area contributed by atoms with Crippen LogP contribution in [0, 0.1) is 0 Å². The van der Waals surface area contributed by atoms with Crippen LogP contribution in [0.15, 0.2) is 57.9 Å². The Labute approximate surface area is 139 Å². The smallest absolute Gasteiger partial charge is 0.139 e. The molecule has 0 bridgehead atoms. The van der Waals surface area contributed by atoms with Gasteiger partial charge in [0, 0.05) is 15.4 Å². The number of halogens is 1. The highest BCUT2D eigenvalue weighted by atomic mass is 79.9. The SMILES string of the molecule is CCC(N)C(Oc1ccccc1SC)c1ccc(Br)cc1. The van der Waals surface area contributed by atoms with Crippen LogP contribution in [0.2, 0.25) is 0 Å². The molecule has 0 saturated carbocycles. The number of benzene rings is 2. The lowest BCUT2D eigenvalue weighted by Crippen LogP contribution is -2.31. The van der Waals surface area contributed by atoms with Crippen molar-refractivity contribution < 1.29 is 4.74 Å². The zero-order valence-corrected chi connectivity index (χ0v) is 14.7. The third-order valence-corrected chi connectivity index (χ3v) is 4.69. The van der Waals surface area contributed by atoms with Gasteiger partial charge in [0.25, 0.3) is 0 Å². The van der Waals surface area contributed by atoms with Gasteiger partial charge in [0.2, 0.25) is 0 Å². The highest BCUT2D eigenvalue weighted by Gasteiger charge is 2.21. The molecule has 21 heavy (non-hydrogen) atoms. The third kappa shape index (κ3) is 4.25. The summed E-state index contributed by atoms with van der Waals surface area (Å²) in [6, 6.07) is 16.2. The summed E-state index contributed by atoms with van der Waals surface area (Å²) in [6.45, 7) is 2.08. The lowest BCUT2D eigenvalue weighted by atomic mass is 10.0. The summed E-state index contributed by atoms with van der Waals surface area (Å²) in [5.74, 6) is 0.891. The van der Waals surface area contributed by atoms with E-state index in [4.69, 9.17) is 10.5 Å². The number of nitrogens with two attached hydrogens (primary N) is 1. The highest BCUT2D eigenvalue weighted by Crippen LogP contribution is 2.32. The number of hydrogen-bond donors (Lipinski definition) is 1. The van der Waals surface area contributed by atoms with E-state index in [1.165, 1.54) is 0 Å². The van der Waals surface area contributed by atoms with Crippen molar-refractivity contribution in [3.05, 3.63) is 58.6 Å². The first-order chi connectivity index (χ1) is 10.2. The Hall–Kier alpha value is -0.970. The normalized spacial score (nSPS) is 13.7. The van der Waals surface area contributed by atoms with Gasteiger partial charge in [-0.1, -0.05) is 47.1 Å². The van der Waals surface area contributed by atoms with Crippen molar-refractivity contribution in [2.75, 3.05) is 6.26 Å². The molecule has 2 atom stereocenters. The summed E-state index contributed by atoms with van der Waals surface area (Å²) in [7, 11) is 0. The van der Waals surface area contributed by atoms with Gasteiger partial charge in [0.15, 0.2) is 0 Å². The Morgan fingerprint density at radius 3 is 2.43 bits per heavy atom. The minimum atomic E-state index is -0.142. The van der Waals surface area contributed by atoms with Crippen LogP contribution >= 0.6 is 27.7 Å². The zero-order chi connectivity index (χ0) is 15.2. The van der Waals surface area contributed by atoms with Crippen LogP contribution in [0.1, 0.15) is 25.0 Å². The van der Waals surface area contributed by atoms with Crippen LogP contribution in [-0.2, 0) is 0 Å². The summed E-state index contributed by atoms with van der Waals surface area (Å²) in [5.41, 5.74) is 7.38. The fourth-order valence-corrected chi connectivity index (χ4v) is 2.92. The molecule has 112 valence electrons. The Kier molecular flexibility index (Phi) is 6.15. The summed E-state index contributed by atoms with van der Waals surface area (Å²) in [5, 5.41) is 0. The van der Waals surface area contributed by atoms with Crippen LogP contribution in [-0.4, -0.2) is 12.3 Å². The Balaban J connectivity index is 2.30. The van der Waals surface area contributed by atoms with E-state index in [9.17, 15) is 0 Å². The molecule has 4 heteroatoms. The molecule has 2 aromatic rings. The monoisotopic (exact) mass is 365 g/mol. The summed E-state index contributed by atoms with van der Waals surface area (Å²) in [4.78, 5) is 1.13. The average Bonchev–Trinajstić information content (AvgIpc) is 2.53. The van der Waals surface area contributed by atoms with E-state index in [2.05, 4.69) is 47.3 Å². The molecule has 2 aromatic carbocycles. The van der Waals surface area contributed by atoms with E-state index in [0.29, 0.717) is 0 Å². The summed E-state index contributed by atoms with van der Waals surface area (Å²) >= 11 is 5.14. The molecular weight excluding hydrogens is 346 g/mol. The predicted molar refractivity (Wildman–Crippen MR) is 94.0 cm³/mol. The quantitative estimate of drug-likeness (QED) is 0.729. The highest BCUT2D eigenvalue weighted by molar-refractivity contribution is 9.10. The maximum absolute atomic E-state index is 6.28. The molecule has 0 heterocycles. The molecular formula is C17H20BrNOS. The molecule has 0 aliphatic heterocycles. The van der Waals surface area contributed by atoms with Gasteiger partial charge in [0.1, 0.15) is 11.9 Å². The molecule has 0 spiro atoms. The number of thioether (sulfide) groups is 1. The van der Waals surface area contributed by atoms with E-state index in [1.807, 2.05) is 30.3 Å². The lowest BCUT2D eigenvalue weighted by molar-refractivity contribution is 0.166. The Morgan fingerprint density at radius 2 is 1.81 bits per heavy atom. The zero-order valence-electron chi connectivity index (χ0n) is 12.3. The van der Waals surface area contributed by atoms with Gasteiger partial charge in [-0.2, -0.15) is 0 Å². The largest absolute Gasteiger partial charge is 0.483 e. The van der Waals surface area contributed by atoms with Gasteiger partial charge >= 0.3 is 0 Å². The van der Waals surface area contributed by atoms with E-state index in [0.717, 1.165) is 27.1 Å².